The number of carbonyl (C=O) groups excluding carboxylic acids is 4. The van der Waals surface area contributed by atoms with Gasteiger partial charge in [-0.2, -0.15) is 16.8 Å². The maximum Gasteiger partial charge on any atom is 0.328 e. The molecule has 2 N–H and O–H groups in total. The number of ether oxygens (including phenoxy) is 4. The number of aliphatic hydroxyl groups excluding tert-OH is 2. The normalized spacial score (nSPS) is 16.6. The number of hydrogen-bond acceptors (Lipinski definition) is 20. The third-order valence-corrected chi connectivity index (χ3v) is 10.7. The van der Waals surface area contributed by atoms with E-state index in [0.29, 0.717) is 0 Å². The number of alkyl halides is 2. The van der Waals surface area contributed by atoms with E-state index in [9.17, 15) is 52.8 Å². The Hall–Kier alpha value is -1.32. The van der Waals surface area contributed by atoms with Crippen LogP contribution in [0.3, 0.4) is 0 Å². The summed E-state index contributed by atoms with van der Waals surface area (Å²) < 4.78 is 116. The lowest BCUT2D eigenvalue weighted by Crippen LogP contribution is -2.50. The number of halogens is 4. The fraction of sp³-hybridized carbons (Fsp3) is 0.840. The first-order valence-electron chi connectivity index (χ1n) is 14.9. The number of esters is 4. The van der Waals surface area contributed by atoms with Gasteiger partial charge in [-0.15, -0.1) is 23.2 Å². The van der Waals surface area contributed by atoms with Crippen LogP contribution in [0.4, 0.5) is 0 Å². The molecule has 0 radical (unpaired) electrons. The van der Waals surface area contributed by atoms with Crippen LogP contribution in [0, 0.1) is 10.8 Å². The summed E-state index contributed by atoms with van der Waals surface area (Å²) in [5.41, 5.74) is -4.37. The molecule has 316 valence electrons. The van der Waals surface area contributed by atoms with Crippen molar-refractivity contribution in [3.8, 4) is 0 Å². The first-order chi connectivity index (χ1) is 24.3. The zero-order chi connectivity index (χ0) is 42.2. The van der Waals surface area contributed by atoms with Gasteiger partial charge >= 0.3 is 23.9 Å². The van der Waals surface area contributed by atoms with Crippen molar-refractivity contribution in [3.05, 3.63) is 0 Å². The minimum Gasteiger partial charge on any atom is -0.465 e. The van der Waals surface area contributed by atoms with E-state index in [1.54, 1.807) is 13.8 Å². The molecule has 0 unspecified atom stereocenters. The molecule has 0 aromatic carbocycles. The predicted molar refractivity (Wildman–Crippen MR) is 190 cm³/mol. The maximum absolute atomic E-state index is 12.2. The van der Waals surface area contributed by atoms with Crippen LogP contribution >= 0.6 is 44.6 Å². The average Bonchev–Trinajstić information content (AvgIpc) is 3.02. The molecule has 1 aliphatic heterocycles. The monoisotopic (exact) mass is 932 g/mol. The lowest BCUT2D eigenvalue weighted by atomic mass is 9.90. The quantitative estimate of drug-likeness (QED) is 0.0588. The molecule has 0 bridgehead atoms. The fourth-order valence-corrected chi connectivity index (χ4v) is 7.14. The second-order valence-corrected chi connectivity index (χ2v) is 19.8. The molecule has 53 heavy (non-hydrogen) atoms. The van der Waals surface area contributed by atoms with E-state index < -0.39 is 111 Å². The molecule has 28 heteroatoms. The summed E-state index contributed by atoms with van der Waals surface area (Å²) in [5, 5.41) is 18.2. The van der Waals surface area contributed by atoms with Crippen molar-refractivity contribution < 1.29 is 90.4 Å². The van der Waals surface area contributed by atoms with E-state index in [1.165, 1.54) is 13.8 Å². The molecule has 1 rings (SSSR count). The van der Waals surface area contributed by atoms with Gasteiger partial charge in [0, 0.05) is 21.4 Å². The summed E-state index contributed by atoms with van der Waals surface area (Å²) in [6.07, 6.45) is -0.311. The summed E-state index contributed by atoms with van der Waals surface area (Å²) in [7, 11) is -5.87. The Morgan fingerprint density at radius 1 is 0.679 bits per heavy atom. The summed E-state index contributed by atoms with van der Waals surface area (Å²) in [6, 6.07) is 0. The predicted octanol–water partition coefficient (Wildman–Crippen LogP) is 0.214. The molecule has 20 nitrogen and oxygen atoms in total. The van der Waals surface area contributed by atoms with Crippen molar-refractivity contribution in [2.24, 2.45) is 10.8 Å². The summed E-state index contributed by atoms with van der Waals surface area (Å²) >= 11 is 9.53. The Morgan fingerprint density at radius 2 is 0.981 bits per heavy atom. The van der Waals surface area contributed by atoms with Gasteiger partial charge in [0.1, 0.15) is 0 Å². The summed E-state index contributed by atoms with van der Waals surface area (Å²) in [6.45, 7) is 2.27. The Balaban J connectivity index is -0.000000737. The van der Waals surface area contributed by atoms with Crippen molar-refractivity contribution in [2.45, 2.75) is 40.5 Å². The zero-order valence-electron chi connectivity index (χ0n) is 29.0. The van der Waals surface area contributed by atoms with E-state index >= 15 is 0 Å². The van der Waals surface area contributed by atoms with Crippen LogP contribution in [0.15, 0.2) is 0 Å². The minimum absolute atomic E-state index is 0.0555. The van der Waals surface area contributed by atoms with Crippen molar-refractivity contribution in [1.82, 2.24) is 0 Å². The van der Waals surface area contributed by atoms with Gasteiger partial charge in [-0.05, 0) is 40.5 Å². The second kappa shape index (κ2) is 27.3. The highest BCUT2D eigenvalue weighted by atomic mass is 35.7. The summed E-state index contributed by atoms with van der Waals surface area (Å²) in [4.78, 5) is 47.3. The molecule has 1 aliphatic rings. The topological polar surface area (TPSA) is 301 Å². The van der Waals surface area contributed by atoms with Crippen LogP contribution in [0.2, 0.25) is 0 Å². The average molecular weight is 935 g/mol. The maximum atomic E-state index is 12.2. The lowest BCUT2D eigenvalue weighted by molar-refractivity contribution is -0.179. The Labute approximate surface area is 328 Å². The minimum atomic E-state index is -4.14. The van der Waals surface area contributed by atoms with E-state index in [-0.39, 0.29) is 56.1 Å². The molecule has 0 aliphatic carbocycles. The van der Waals surface area contributed by atoms with Crippen LogP contribution in [0.1, 0.15) is 40.5 Å². The standard InChI is InChI=1S/C12H20O10S2.C9H16O6.C3H6Cl2O4S2.CH2Cl2/c1-3-19-10(13)12(11(14)20-4-2)8-21-23(15,16)6-5-7-24(17,18)22-9-12;1-3-14-7(12)9(5-10,6-11)8(13)15-4-2;4-10(6,7)2-1-3-11(5,8)9;2-1-3/h3-9H2,1-2H3;10-11H,3-6H2,1-2H3;1-3H2;1H2. The number of hydrogen-bond donors (Lipinski definition) is 2. The second-order valence-electron chi connectivity index (χ2n) is 9.70. The van der Waals surface area contributed by atoms with Crippen LogP contribution in [0.5, 0.6) is 0 Å². The fourth-order valence-electron chi connectivity index (χ4n) is 3.14. The molecule has 1 saturated heterocycles. The van der Waals surface area contributed by atoms with Gasteiger partial charge in [-0.25, -0.2) is 16.8 Å². The smallest absolute Gasteiger partial charge is 0.328 e. The van der Waals surface area contributed by atoms with Crippen molar-refractivity contribution in [3.63, 3.8) is 0 Å². The Kier molecular flexibility index (Phi) is 28.9. The van der Waals surface area contributed by atoms with Crippen LogP contribution in [-0.2, 0) is 84.8 Å². The molecule has 0 atom stereocenters. The van der Waals surface area contributed by atoms with E-state index in [2.05, 4.69) is 9.47 Å². The molecule has 1 heterocycles. The van der Waals surface area contributed by atoms with Gasteiger partial charge in [0.2, 0.25) is 28.9 Å². The largest absolute Gasteiger partial charge is 0.465 e. The molecule has 0 aromatic rings. The first-order valence-corrected chi connectivity index (χ1v) is 24.1. The highest BCUT2D eigenvalue weighted by molar-refractivity contribution is 8.14. The third-order valence-electron chi connectivity index (χ3n) is 5.74. The van der Waals surface area contributed by atoms with Crippen molar-refractivity contribution in [1.29, 1.82) is 0 Å². The Bertz CT molecular complexity index is 1450. The van der Waals surface area contributed by atoms with E-state index in [0.717, 1.165) is 0 Å². The zero-order valence-corrected chi connectivity index (χ0v) is 35.3. The Morgan fingerprint density at radius 3 is 1.23 bits per heavy atom. The lowest BCUT2D eigenvalue weighted by Gasteiger charge is -2.28. The molecule has 1 fully saturated rings. The molecule has 0 aromatic heterocycles. The van der Waals surface area contributed by atoms with Crippen molar-refractivity contribution >= 4 is 107 Å². The van der Waals surface area contributed by atoms with Gasteiger partial charge in [-0.3, -0.25) is 27.5 Å². The third kappa shape index (κ3) is 24.0. The number of carbonyl (C=O) groups is 4. The van der Waals surface area contributed by atoms with E-state index in [4.69, 9.17) is 72.6 Å². The van der Waals surface area contributed by atoms with Crippen LogP contribution in [-0.4, -0.2) is 149 Å². The van der Waals surface area contributed by atoms with Gasteiger partial charge in [0.25, 0.3) is 20.2 Å². The molecular weight excluding hydrogens is 890 g/mol. The SMILES string of the molecule is CCOC(=O)C(CO)(CO)C(=O)OCC.CCOC(=O)C1(C(=O)OCC)COS(=O)(=O)CCCS(=O)(=O)OC1.ClCCl.O=S(=O)(Cl)CCCS(=O)(=O)Cl. The van der Waals surface area contributed by atoms with Gasteiger partial charge in [0.05, 0.1) is 81.2 Å². The molecule has 0 spiro atoms. The van der Waals surface area contributed by atoms with Gasteiger partial charge in [-0.1, -0.05) is 0 Å². The number of rotatable bonds is 14. The van der Waals surface area contributed by atoms with E-state index in [1.807, 2.05) is 0 Å². The van der Waals surface area contributed by atoms with Crippen LogP contribution in [0.25, 0.3) is 0 Å². The number of aliphatic hydroxyl groups is 2. The van der Waals surface area contributed by atoms with Crippen molar-refractivity contribution in [2.75, 3.05) is 81.2 Å². The molecular formula is C25H44Cl4O20S4. The van der Waals surface area contributed by atoms with Crippen LogP contribution < -0.4 is 0 Å². The highest BCUT2D eigenvalue weighted by Crippen LogP contribution is 2.27. The molecule has 0 saturated carbocycles. The molecule has 0 amide bonds. The highest BCUT2D eigenvalue weighted by Gasteiger charge is 2.52. The van der Waals surface area contributed by atoms with Gasteiger partial charge < -0.3 is 29.2 Å². The van der Waals surface area contributed by atoms with Gasteiger partial charge in [0.15, 0.2) is 0 Å². The summed E-state index contributed by atoms with van der Waals surface area (Å²) in [5.74, 6) is -6.28. The first kappa shape index (κ1) is 56.0.